The van der Waals surface area contributed by atoms with Crippen molar-refractivity contribution in [1.29, 1.82) is 0 Å². The Labute approximate surface area is 114 Å². The van der Waals surface area contributed by atoms with Crippen molar-refractivity contribution in [3.63, 3.8) is 0 Å². The monoisotopic (exact) mass is 278 g/mol. The van der Waals surface area contributed by atoms with Crippen molar-refractivity contribution in [2.75, 3.05) is 6.61 Å². The van der Waals surface area contributed by atoms with Gasteiger partial charge < -0.3 is 9.84 Å². The van der Waals surface area contributed by atoms with E-state index in [0.29, 0.717) is 5.56 Å². The number of hydrogen-bond acceptors (Lipinski definition) is 2. The number of ether oxygens (including phenoxy) is 1. The molecule has 2 aromatic carbocycles. The van der Waals surface area contributed by atoms with Crippen LogP contribution in [0, 0.1) is 11.6 Å². The highest BCUT2D eigenvalue weighted by Gasteiger charge is 2.20. The first kappa shape index (κ1) is 14.0. The maximum atomic E-state index is 13.0. The largest absolute Gasteiger partial charge is 0.492 e. The van der Waals surface area contributed by atoms with Gasteiger partial charge >= 0.3 is 5.97 Å². The molecule has 20 heavy (non-hydrogen) atoms. The Hall–Kier alpha value is -2.43. The second-order valence-corrected chi connectivity index (χ2v) is 4.21. The van der Waals surface area contributed by atoms with Gasteiger partial charge in [0.15, 0.2) is 0 Å². The molecule has 0 saturated carbocycles. The number of benzene rings is 2. The summed E-state index contributed by atoms with van der Waals surface area (Å²) in [4.78, 5) is 11.2. The lowest BCUT2D eigenvalue weighted by Crippen LogP contribution is -2.19. The molecular weight excluding hydrogens is 266 g/mol. The Morgan fingerprint density at radius 3 is 2.40 bits per heavy atom. The molecule has 0 saturated heterocycles. The van der Waals surface area contributed by atoms with Gasteiger partial charge in [-0.3, -0.25) is 4.79 Å². The molecule has 104 valence electrons. The lowest BCUT2D eigenvalue weighted by atomic mass is 10.0. The van der Waals surface area contributed by atoms with Crippen LogP contribution in [0.1, 0.15) is 11.5 Å². The van der Waals surface area contributed by atoms with Gasteiger partial charge in [-0.25, -0.2) is 8.78 Å². The van der Waals surface area contributed by atoms with Gasteiger partial charge in [0.25, 0.3) is 0 Å². The van der Waals surface area contributed by atoms with Crippen LogP contribution in [-0.2, 0) is 4.79 Å². The lowest BCUT2D eigenvalue weighted by Gasteiger charge is -2.14. The molecular formula is C15H12F2O3. The number of rotatable bonds is 5. The van der Waals surface area contributed by atoms with Crippen LogP contribution < -0.4 is 4.74 Å². The van der Waals surface area contributed by atoms with Gasteiger partial charge in [-0.05, 0) is 29.8 Å². The molecule has 1 N–H and O–H groups in total. The third kappa shape index (κ3) is 3.54. The number of carboxylic acid groups (broad SMARTS) is 1. The van der Waals surface area contributed by atoms with E-state index in [4.69, 9.17) is 4.74 Å². The number of carboxylic acids is 1. The fourth-order valence-corrected chi connectivity index (χ4v) is 1.74. The average Bonchev–Trinajstić information content (AvgIpc) is 2.41. The SMILES string of the molecule is O=C(O)C(COc1cccc(F)c1)c1ccc(F)cc1. The van der Waals surface area contributed by atoms with Gasteiger partial charge in [0.2, 0.25) is 0 Å². The molecule has 0 aliphatic rings. The van der Waals surface area contributed by atoms with E-state index in [-0.39, 0.29) is 12.4 Å². The molecule has 5 heteroatoms. The van der Waals surface area contributed by atoms with Gasteiger partial charge in [0, 0.05) is 6.07 Å². The van der Waals surface area contributed by atoms with E-state index in [1.807, 2.05) is 0 Å². The van der Waals surface area contributed by atoms with Gasteiger partial charge in [-0.1, -0.05) is 18.2 Å². The first-order valence-corrected chi connectivity index (χ1v) is 5.93. The second-order valence-electron chi connectivity index (χ2n) is 4.21. The highest BCUT2D eigenvalue weighted by Crippen LogP contribution is 2.20. The summed E-state index contributed by atoms with van der Waals surface area (Å²) in [5.41, 5.74) is 0.426. The molecule has 0 spiro atoms. The number of hydrogen-bond donors (Lipinski definition) is 1. The Morgan fingerprint density at radius 1 is 1.10 bits per heavy atom. The molecule has 1 atom stereocenters. The molecule has 0 bridgehead atoms. The molecule has 0 radical (unpaired) electrons. The summed E-state index contributed by atoms with van der Waals surface area (Å²) in [6.07, 6.45) is 0. The van der Waals surface area contributed by atoms with Crippen LogP contribution in [0.3, 0.4) is 0 Å². The minimum absolute atomic E-state index is 0.162. The minimum atomic E-state index is -1.09. The van der Waals surface area contributed by atoms with Gasteiger partial charge in [0.1, 0.15) is 29.9 Å². The molecule has 2 rings (SSSR count). The topological polar surface area (TPSA) is 46.5 Å². The minimum Gasteiger partial charge on any atom is -0.492 e. The Kier molecular flexibility index (Phi) is 4.30. The van der Waals surface area contributed by atoms with E-state index in [9.17, 15) is 18.7 Å². The van der Waals surface area contributed by atoms with Crippen LogP contribution in [0.2, 0.25) is 0 Å². The highest BCUT2D eigenvalue weighted by molar-refractivity contribution is 5.76. The zero-order valence-electron chi connectivity index (χ0n) is 10.4. The fraction of sp³-hybridized carbons (Fsp3) is 0.133. The van der Waals surface area contributed by atoms with Crippen molar-refractivity contribution in [1.82, 2.24) is 0 Å². The van der Waals surface area contributed by atoms with E-state index >= 15 is 0 Å². The van der Waals surface area contributed by atoms with Crippen LogP contribution >= 0.6 is 0 Å². The summed E-state index contributed by atoms with van der Waals surface area (Å²) in [7, 11) is 0. The number of carbonyl (C=O) groups is 1. The van der Waals surface area contributed by atoms with E-state index < -0.39 is 23.5 Å². The van der Waals surface area contributed by atoms with Crippen LogP contribution in [0.25, 0.3) is 0 Å². The molecule has 0 amide bonds. The molecule has 1 unspecified atom stereocenters. The Balaban J connectivity index is 2.10. The van der Waals surface area contributed by atoms with E-state index in [1.165, 1.54) is 48.5 Å². The maximum absolute atomic E-state index is 13.0. The number of aliphatic carboxylic acids is 1. The normalized spacial score (nSPS) is 11.9. The smallest absolute Gasteiger partial charge is 0.314 e. The predicted molar refractivity (Wildman–Crippen MR) is 68.7 cm³/mol. The van der Waals surface area contributed by atoms with Crippen molar-refractivity contribution >= 4 is 5.97 Å². The summed E-state index contributed by atoms with van der Waals surface area (Å²) in [6.45, 7) is -0.162. The average molecular weight is 278 g/mol. The first-order chi connectivity index (χ1) is 9.56. The maximum Gasteiger partial charge on any atom is 0.314 e. The quantitative estimate of drug-likeness (QED) is 0.913. The summed E-state index contributed by atoms with van der Waals surface area (Å²) >= 11 is 0. The van der Waals surface area contributed by atoms with Gasteiger partial charge in [-0.15, -0.1) is 0 Å². The summed E-state index contributed by atoms with van der Waals surface area (Å²) in [5, 5.41) is 9.18. The van der Waals surface area contributed by atoms with Gasteiger partial charge in [-0.2, -0.15) is 0 Å². The van der Waals surface area contributed by atoms with Crippen molar-refractivity contribution in [2.45, 2.75) is 5.92 Å². The lowest BCUT2D eigenvalue weighted by molar-refractivity contribution is -0.139. The molecule has 3 nitrogen and oxygen atoms in total. The van der Waals surface area contributed by atoms with Crippen molar-refractivity contribution in [3.05, 3.63) is 65.7 Å². The van der Waals surface area contributed by atoms with Gasteiger partial charge in [0.05, 0.1) is 0 Å². The summed E-state index contributed by atoms with van der Waals surface area (Å²) in [5.74, 6) is -2.69. The van der Waals surface area contributed by atoms with Crippen LogP contribution in [0.15, 0.2) is 48.5 Å². The third-order valence-electron chi connectivity index (χ3n) is 2.78. The first-order valence-electron chi connectivity index (χ1n) is 5.93. The number of halogens is 2. The summed E-state index contributed by atoms with van der Waals surface area (Å²) in [6, 6.07) is 10.6. The van der Waals surface area contributed by atoms with E-state index in [2.05, 4.69) is 0 Å². The Morgan fingerprint density at radius 2 is 1.80 bits per heavy atom. The zero-order chi connectivity index (χ0) is 14.5. The standard InChI is InChI=1S/C15H12F2O3/c16-11-6-4-10(5-7-11)14(15(18)19)9-20-13-3-1-2-12(17)8-13/h1-8,14H,9H2,(H,18,19). The van der Waals surface area contributed by atoms with Crippen LogP contribution in [-0.4, -0.2) is 17.7 Å². The van der Waals surface area contributed by atoms with Crippen LogP contribution in [0.5, 0.6) is 5.75 Å². The molecule has 0 fully saturated rings. The molecule has 0 aliphatic heterocycles. The molecule has 0 aliphatic carbocycles. The molecule has 2 aromatic rings. The molecule has 0 aromatic heterocycles. The van der Waals surface area contributed by atoms with E-state index in [1.54, 1.807) is 0 Å². The second kappa shape index (κ2) is 6.14. The third-order valence-corrected chi connectivity index (χ3v) is 2.78. The highest BCUT2D eigenvalue weighted by atomic mass is 19.1. The van der Waals surface area contributed by atoms with Crippen LogP contribution in [0.4, 0.5) is 8.78 Å². The van der Waals surface area contributed by atoms with Crippen molar-refractivity contribution in [3.8, 4) is 5.75 Å². The fourth-order valence-electron chi connectivity index (χ4n) is 1.74. The Bertz CT molecular complexity index is 596. The predicted octanol–water partition coefficient (Wildman–Crippen LogP) is 3.21. The zero-order valence-corrected chi connectivity index (χ0v) is 10.4. The van der Waals surface area contributed by atoms with Crippen molar-refractivity contribution < 1.29 is 23.4 Å². The summed E-state index contributed by atoms with van der Waals surface area (Å²) < 4.78 is 31.1. The van der Waals surface area contributed by atoms with Crippen molar-refractivity contribution in [2.24, 2.45) is 0 Å². The molecule has 0 heterocycles. The van der Waals surface area contributed by atoms with E-state index in [0.717, 1.165) is 0 Å².